The molecule has 1 aliphatic rings. The third-order valence-corrected chi connectivity index (χ3v) is 5.88. The number of sulfonamides is 1. The molecule has 2 aromatic rings. The van der Waals surface area contributed by atoms with E-state index in [2.05, 4.69) is 15.6 Å². The highest BCUT2D eigenvalue weighted by Gasteiger charge is 2.39. The number of amides is 2. The second-order valence-electron chi connectivity index (χ2n) is 6.40. The highest BCUT2D eigenvalue weighted by molar-refractivity contribution is 7.92. The molecule has 9 heteroatoms. The van der Waals surface area contributed by atoms with Gasteiger partial charge in [-0.1, -0.05) is 24.6 Å². The maximum absolute atomic E-state index is 12.5. The Hall–Kier alpha value is -2.58. The van der Waals surface area contributed by atoms with Crippen LogP contribution in [-0.4, -0.2) is 20.2 Å². The van der Waals surface area contributed by atoms with Gasteiger partial charge < -0.3 is 0 Å². The quantitative estimate of drug-likeness (QED) is 0.662. The van der Waals surface area contributed by atoms with Crippen LogP contribution in [0.2, 0.25) is 5.02 Å². The number of carbonyl (C=O) groups is 2. The van der Waals surface area contributed by atoms with Gasteiger partial charge in [0, 0.05) is 22.2 Å². The van der Waals surface area contributed by atoms with Crippen LogP contribution < -0.4 is 15.6 Å². The number of hydrogen-bond acceptors (Lipinski definition) is 4. The molecule has 2 amide bonds. The fraction of sp³-hybridized carbons (Fsp3) is 0.222. The summed E-state index contributed by atoms with van der Waals surface area (Å²) < 4.78 is 27.4. The number of halogens is 1. The molecule has 1 saturated carbocycles. The number of benzene rings is 2. The topological polar surface area (TPSA) is 104 Å². The van der Waals surface area contributed by atoms with Crippen molar-refractivity contribution in [1.82, 2.24) is 10.9 Å². The third kappa shape index (κ3) is 4.78. The van der Waals surface area contributed by atoms with Gasteiger partial charge in [-0.05, 0) is 54.8 Å². The highest BCUT2D eigenvalue weighted by Crippen LogP contribution is 2.37. The van der Waals surface area contributed by atoms with E-state index in [0.29, 0.717) is 16.6 Å². The summed E-state index contributed by atoms with van der Waals surface area (Å²) in [4.78, 5) is 23.9. The maximum atomic E-state index is 12.5. The highest BCUT2D eigenvalue weighted by atomic mass is 35.5. The summed E-state index contributed by atoms with van der Waals surface area (Å²) in [7, 11) is -3.88. The van der Waals surface area contributed by atoms with Gasteiger partial charge in [-0.3, -0.25) is 25.2 Å². The molecule has 2 atom stereocenters. The van der Waals surface area contributed by atoms with Crippen molar-refractivity contribution in [3.8, 4) is 0 Å². The van der Waals surface area contributed by atoms with E-state index in [-0.39, 0.29) is 22.3 Å². The molecular weight excluding hydrogens is 390 g/mol. The van der Waals surface area contributed by atoms with E-state index in [4.69, 9.17) is 11.6 Å². The Morgan fingerprint density at radius 3 is 2.37 bits per heavy atom. The minimum Gasteiger partial charge on any atom is -0.280 e. The lowest BCUT2D eigenvalue weighted by Gasteiger charge is -2.10. The first-order valence-corrected chi connectivity index (χ1v) is 10.1. The minimum absolute atomic E-state index is 0.0766. The molecule has 7 nitrogen and oxygen atoms in total. The average molecular weight is 408 g/mol. The van der Waals surface area contributed by atoms with Gasteiger partial charge in [0.05, 0.1) is 4.90 Å². The molecule has 3 N–H and O–H groups in total. The molecule has 0 aromatic heterocycles. The molecule has 0 unspecified atom stereocenters. The Kier molecular flexibility index (Phi) is 5.38. The Bertz CT molecular complexity index is 976. The van der Waals surface area contributed by atoms with Crippen LogP contribution in [0.15, 0.2) is 53.4 Å². The molecule has 0 radical (unpaired) electrons. The normalized spacial score (nSPS) is 18.4. The van der Waals surface area contributed by atoms with Crippen molar-refractivity contribution in [2.75, 3.05) is 4.72 Å². The van der Waals surface area contributed by atoms with Gasteiger partial charge in [-0.15, -0.1) is 0 Å². The van der Waals surface area contributed by atoms with Crippen LogP contribution in [-0.2, 0) is 14.8 Å². The van der Waals surface area contributed by atoms with Gasteiger partial charge in [0.25, 0.3) is 15.9 Å². The van der Waals surface area contributed by atoms with Crippen LogP contribution in [0.5, 0.6) is 0 Å². The van der Waals surface area contributed by atoms with Gasteiger partial charge in [0.1, 0.15) is 0 Å². The zero-order chi connectivity index (χ0) is 19.6. The Morgan fingerprint density at radius 2 is 1.74 bits per heavy atom. The van der Waals surface area contributed by atoms with Crippen LogP contribution in [0.1, 0.15) is 23.7 Å². The number of anilines is 1. The molecule has 0 bridgehead atoms. The summed E-state index contributed by atoms with van der Waals surface area (Å²) in [6.07, 6.45) is 0.797. The lowest BCUT2D eigenvalue weighted by atomic mass is 10.2. The molecule has 0 spiro atoms. The smallest absolute Gasteiger partial charge is 0.269 e. The molecule has 1 aliphatic carbocycles. The number of hydrogen-bond donors (Lipinski definition) is 3. The van der Waals surface area contributed by atoms with Crippen LogP contribution in [0, 0.1) is 11.8 Å². The maximum Gasteiger partial charge on any atom is 0.269 e. The lowest BCUT2D eigenvalue weighted by Crippen LogP contribution is -2.42. The molecule has 2 aromatic carbocycles. The van der Waals surface area contributed by atoms with E-state index in [1.165, 1.54) is 36.4 Å². The summed E-state index contributed by atoms with van der Waals surface area (Å²) in [6.45, 7) is 1.95. The summed E-state index contributed by atoms with van der Waals surface area (Å²) in [5.41, 5.74) is 5.12. The Morgan fingerprint density at radius 1 is 1.07 bits per heavy atom. The standard InChI is InChI=1S/C18H18ClN3O4S/c1-11-9-16(11)18(24)21-20-17(23)12-3-2-4-15(10-12)27(25,26)22-14-7-5-13(19)6-8-14/h2-8,10-11,16,22H,9H2,1H3,(H,20,23)(H,21,24)/t11-,16+/m1/s1. The van der Waals surface area contributed by atoms with Crippen LogP contribution in [0.25, 0.3) is 0 Å². The van der Waals surface area contributed by atoms with Crippen molar-refractivity contribution in [3.63, 3.8) is 0 Å². The lowest BCUT2D eigenvalue weighted by molar-refractivity contribution is -0.123. The number of hydrazine groups is 1. The van der Waals surface area contributed by atoms with Crippen LogP contribution >= 0.6 is 11.6 Å². The Balaban J connectivity index is 1.69. The van der Waals surface area contributed by atoms with Crippen molar-refractivity contribution in [3.05, 3.63) is 59.1 Å². The fourth-order valence-electron chi connectivity index (χ4n) is 2.51. The molecule has 0 saturated heterocycles. The predicted octanol–water partition coefficient (Wildman–Crippen LogP) is 2.56. The second-order valence-corrected chi connectivity index (χ2v) is 8.52. The first kappa shape index (κ1) is 19.2. The van der Waals surface area contributed by atoms with E-state index in [1.54, 1.807) is 12.1 Å². The molecule has 0 aliphatic heterocycles. The monoisotopic (exact) mass is 407 g/mol. The van der Waals surface area contributed by atoms with Gasteiger partial charge >= 0.3 is 0 Å². The van der Waals surface area contributed by atoms with E-state index >= 15 is 0 Å². The average Bonchev–Trinajstić information content (AvgIpc) is 3.38. The first-order chi connectivity index (χ1) is 12.8. The third-order valence-electron chi connectivity index (χ3n) is 4.25. The van der Waals surface area contributed by atoms with E-state index in [9.17, 15) is 18.0 Å². The van der Waals surface area contributed by atoms with Crippen molar-refractivity contribution in [1.29, 1.82) is 0 Å². The number of rotatable bonds is 5. The SMILES string of the molecule is C[C@@H]1C[C@@H]1C(=O)NNC(=O)c1cccc(S(=O)(=O)Nc2ccc(Cl)cc2)c1. The second kappa shape index (κ2) is 7.58. The van der Waals surface area contributed by atoms with Crippen molar-refractivity contribution >= 4 is 39.1 Å². The molecular formula is C18H18ClN3O4S. The van der Waals surface area contributed by atoms with Gasteiger partial charge in [0.15, 0.2) is 0 Å². The first-order valence-electron chi connectivity index (χ1n) is 8.25. The molecule has 0 heterocycles. The van der Waals surface area contributed by atoms with E-state index in [1.807, 2.05) is 6.92 Å². The molecule has 27 heavy (non-hydrogen) atoms. The van der Waals surface area contributed by atoms with Crippen LogP contribution in [0.3, 0.4) is 0 Å². The van der Waals surface area contributed by atoms with E-state index in [0.717, 1.165) is 6.42 Å². The fourth-order valence-corrected chi connectivity index (χ4v) is 3.74. The summed E-state index contributed by atoms with van der Waals surface area (Å²) in [6, 6.07) is 11.7. The summed E-state index contributed by atoms with van der Waals surface area (Å²) >= 11 is 5.79. The summed E-state index contributed by atoms with van der Waals surface area (Å²) in [5.74, 6) is -0.612. The van der Waals surface area contributed by atoms with Crippen molar-refractivity contribution < 1.29 is 18.0 Å². The summed E-state index contributed by atoms with van der Waals surface area (Å²) in [5, 5.41) is 0.485. The van der Waals surface area contributed by atoms with Crippen molar-refractivity contribution in [2.24, 2.45) is 11.8 Å². The zero-order valence-corrected chi connectivity index (χ0v) is 16.0. The van der Waals surface area contributed by atoms with Gasteiger partial charge in [-0.2, -0.15) is 0 Å². The zero-order valence-electron chi connectivity index (χ0n) is 14.4. The number of carbonyl (C=O) groups excluding carboxylic acids is 2. The number of nitrogens with one attached hydrogen (secondary N) is 3. The minimum atomic E-state index is -3.88. The Labute approximate surface area is 162 Å². The van der Waals surface area contributed by atoms with E-state index < -0.39 is 15.9 Å². The molecule has 142 valence electrons. The van der Waals surface area contributed by atoms with Crippen LogP contribution in [0.4, 0.5) is 5.69 Å². The van der Waals surface area contributed by atoms with Crippen molar-refractivity contribution in [2.45, 2.75) is 18.2 Å². The van der Waals surface area contributed by atoms with Gasteiger partial charge in [-0.25, -0.2) is 8.42 Å². The largest absolute Gasteiger partial charge is 0.280 e. The molecule has 3 rings (SSSR count). The predicted molar refractivity (Wildman–Crippen MR) is 102 cm³/mol. The van der Waals surface area contributed by atoms with Gasteiger partial charge in [0.2, 0.25) is 5.91 Å². The molecule has 1 fully saturated rings.